The first-order valence-corrected chi connectivity index (χ1v) is 6.28. The van der Waals surface area contributed by atoms with Crippen LogP contribution in [-0.2, 0) is 15.6 Å². The van der Waals surface area contributed by atoms with Gasteiger partial charge in [-0.15, -0.1) is 0 Å². The van der Waals surface area contributed by atoms with Crippen LogP contribution in [0.3, 0.4) is 0 Å². The van der Waals surface area contributed by atoms with E-state index in [0.717, 1.165) is 0 Å². The SMILES string of the molecule is O=S(=O)(CO)Cc1c(Cl)cccc1Cl. The summed E-state index contributed by atoms with van der Waals surface area (Å²) in [7, 11) is -3.53. The Labute approximate surface area is 92.2 Å². The number of aliphatic hydroxyl groups is 1. The Kier molecular flexibility index (Phi) is 3.78. The van der Waals surface area contributed by atoms with Crippen molar-refractivity contribution in [3.05, 3.63) is 33.8 Å². The smallest absolute Gasteiger partial charge is 0.178 e. The summed E-state index contributed by atoms with van der Waals surface area (Å²) >= 11 is 11.5. The van der Waals surface area contributed by atoms with Gasteiger partial charge in [0.25, 0.3) is 0 Å². The molecule has 1 rings (SSSR count). The van der Waals surface area contributed by atoms with Gasteiger partial charge >= 0.3 is 0 Å². The van der Waals surface area contributed by atoms with Crippen molar-refractivity contribution in [3.63, 3.8) is 0 Å². The van der Waals surface area contributed by atoms with Gasteiger partial charge in [-0.25, -0.2) is 8.42 Å². The molecule has 0 fully saturated rings. The number of aliphatic hydroxyl groups excluding tert-OH is 1. The zero-order valence-corrected chi connectivity index (χ0v) is 9.40. The zero-order valence-electron chi connectivity index (χ0n) is 7.07. The molecular formula is C8H8Cl2O3S. The fourth-order valence-corrected chi connectivity index (χ4v) is 2.47. The Morgan fingerprint density at radius 3 is 2.14 bits per heavy atom. The minimum atomic E-state index is -3.53. The van der Waals surface area contributed by atoms with Gasteiger partial charge < -0.3 is 5.11 Å². The van der Waals surface area contributed by atoms with Gasteiger partial charge in [-0.3, -0.25) is 0 Å². The monoisotopic (exact) mass is 254 g/mol. The standard InChI is InChI=1S/C8H8Cl2O3S/c9-7-2-1-3-8(10)6(7)4-14(12,13)5-11/h1-3,11H,4-5H2. The Morgan fingerprint density at radius 1 is 1.21 bits per heavy atom. The van der Waals surface area contributed by atoms with E-state index in [1.165, 1.54) is 0 Å². The first kappa shape index (κ1) is 11.8. The molecule has 0 heterocycles. The molecule has 0 saturated heterocycles. The summed E-state index contributed by atoms with van der Waals surface area (Å²) in [6, 6.07) is 4.73. The molecule has 1 N–H and O–H groups in total. The number of sulfone groups is 1. The highest BCUT2D eigenvalue weighted by Crippen LogP contribution is 2.26. The molecule has 0 aliphatic rings. The van der Waals surface area contributed by atoms with E-state index in [2.05, 4.69) is 0 Å². The fourth-order valence-electron chi connectivity index (χ4n) is 0.936. The topological polar surface area (TPSA) is 54.4 Å². The second-order valence-corrected chi connectivity index (χ2v) is 5.57. The number of hydrogen-bond donors (Lipinski definition) is 1. The van der Waals surface area contributed by atoms with Crippen molar-refractivity contribution in [2.45, 2.75) is 5.75 Å². The molecule has 0 bridgehead atoms. The van der Waals surface area contributed by atoms with Crippen molar-refractivity contribution >= 4 is 33.0 Å². The van der Waals surface area contributed by atoms with Crippen LogP contribution >= 0.6 is 23.2 Å². The van der Waals surface area contributed by atoms with Gasteiger partial charge in [0.15, 0.2) is 9.84 Å². The lowest BCUT2D eigenvalue weighted by Gasteiger charge is -2.05. The number of benzene rings is 1. The highest BCUT2D eigenvalue weighted by atomic mass is 35.5. The van der Waals surface area contributed by atoms with Crippen molar-refractivity contribution < 1.29 is 13.5 Å². The van der Waals surface area contributed by atoms with Crippen molar-refractivity contribution in [3.8, 4) is 0 Å². The molecule has 0 aliphatic carbocycles. The lowest BCUT2D eigenvalue weighted by atomic mass is 10.2. The molecule has 0 aliphatic heterocycles. The van der Waals surface area contributed by atoms with Gasteiger partial charge in [-0.1, -0.05) is 29.3 Å². The molecule has 14 heavy (non-hydrogen) atoms. The summed E-state index contributed by atoms with van der Waals surface area (Å²) in [5, 5.41) is 9.14. The molecule has 0 unspecified atom stereocenters. The van der Waals surface area contributed by atoms with Gasteiger partial charge in [-0.05, 0) is 12.1 Å². The summed E-state index contributed by atoms with van der Waals surface area (Å²) in [6.45, 7) is 0. The average Bonchev–Trinajstić information content (AvgIpc) is 2.12. The molecule has 0 amide bonds. The van der Waals surface area contributed by atoms with Crippen LogP contribution in [-0.4, -0.2) is 19.5 Å². The molecule has 3 nitrogen and oxygen atoms in total. The maximum Gasteiger partial charge on any atom is 0.178 e. The van der Waals surface area contributed by atoms with E-state index in [0.29, 0.717) is 5.56 Å². The van der Waals surface area contributed by atoms with E-state index in [-0.39, 0.29) is 15.8 Å². The Morgan fingerprint density at radius 2 is 1.71 bits per heavy atom. The van der Waals surface area contributed by atoms with E-state index < -0.39 is 15.8 Å². The second kappa shape index (κ2) is 4.49. The van der Waals surface area contributed by atoms with Gasteiger partial charge in [0.05, 0.1) is 5.75 Å². The zero-order chi connectivity index (χ0) is 10.8. The van der Waals surface area contributed by atoms with Gasteiger partial charge in [0.2, 0.25) is 0 Å². The molecule has 6 heteroatoms. The van der Waals surface area contributed by atoms with Crippen LogP contribution in [0, 0.1) is 0 Å². The van der Waals surface area contributed by atoms with E-state index in [4.69, 9.17) is 28.3 Å². The first-order valence-electron chi connectivity index (χ1n) is 3.70. The molecule has 0 radical (unpaired) electrons. The van der Waals surface area contributed by atoms with Gasteiger partial charge in [0, 0.05) is 15.6 Å². The minimum Gasteiger partial charge on any atom is -0.380 e. The summed E-state index contributed by atoms with van der Waals surface area (Å²) in [5.74, 6) is -1.25. The van der Waals surface area contributed by atoms with Crippen LogP contribution < -0.4 is 0 Å². The van der Waals surface area contributed by atoms with Crippen LogP contribution in [0.2, 0.25) is 10.0 Å². The number of rotatable bonds is 3. The van der Waals surface area contributed by atoms with Gasteiger partial charge in [0.1, 0.15) is 5.94 Å². The third-order valence-electron chi connectivity index (χ3n) is 1.62. The van der Waals surface area contributed by atoms with E-state index in [1.54, 1.807) is 18.2 Å². The van der Waals surface area contributed by atoms with Crippen LogP contribution in [0.1, 0.15) is 5.56 Å². The normalized spacial score (nSPS) is 11.6. The van der Waals surface area contributed by atoms with Crippen LogP contribution in [0.15, 0.2) is 18.2 Å². The third-order valence-corrected chi connectivity index (χ3v) is 3.45. The van der Waals surface area contributed by atoms with E-state index >= 15 is 0 Å². The molecule has 0 aromatic heterocycles. The summed E-state index contributed by atoms with van der Waals surface area (Å²) in [4.78, 5) is 0. The Bertz CT molecular complexity index is 408. The molecule has 0 saturated carbocycles. The van der Waals surface area contributed by atoms with E-state index in [9.17, 15) is 8.42 Å². The predicted molar refractivity (Wildman–Crippen MR) is 56.2 cm³/mol. The van der Waals surface area contributed by atoms with Crippen LogP contribution in [0.25, 0.3) is 0 Å². The first-order chi connectivity index (χ1) is 6.46. The highest BCUT2D eigenvalue weighted by molar-refractivity contribution is 7.90. The second-order valence-electron chi connectivity index (χ2n) is 2.72. The summed E-state index contributed by atoms with van der Waals surface area (Å²) in [5.41, 5.74) is 0.324. The predicted octanol–water partition coefficient (Wildman–Crippen LogP) is 1.86. The summed E-state index contributed by atoms with van der Waals surface area (Å²) < 4.78 is 22.2. The molecular weight excluding hydrogens is 247 g/mol. The maximum atomic E-state index is 11.1. The molecule has 78 valence electrons. The fraction of sp³-hybridized carbons (Fsp3) is 0.250. The number of halogens is 2. The Hall–Kier alpha value is -0.290. The van der Waals surface area contributed by atoms with Crippen LogP contribution in [0.4, 0.5) is 0 Å². The largest absolute Gasteiger partial charge is 0.380 e. The summed E-state index contributed by atoms with van der Waals surface area (Å²) in [6.07, 6.45) is 0. The molecule has 1 aromatic rings. The molecule has 0 spiro atoms. The van der Waals surface area contributed by atoms with Gasteiger partial charge in [-0.2, -0.15) is 0 Å². The quantitative estimate of drug-likeness (QED) is 0.896. The lowest BCUT2D eigenvalue weighted by Crippen LogP contribution is -2.09. The van der Waals surface area contributed by atoms with Crippen LogP contribution in [0.5, 0.6) is 0 Å². The van der Waals surface area contributed by atoms with E-state index in [1.807, 2.05) is 0 Å². The maximum absolute atomic E-state index is 11.1. The molecule has 1 aromatic carbocycles. The number of hydrogen-bond acceptors (Lipinski definition) is 3. The third kappa shape index (κ3) is 2.85. The van der Waals surface area contributed by atoms with Crippen molar-refractivity contribution in [1.29, 1.82) is 0 Å². The molecule has 0 atom stereocenters. The van der Waals surface area contributed by atoms with Crippen molar-refractivity contribution in [1.82, 2.24) is 0 Å². The van der Waals surface area contributed by atoms with Crippen molar-refractivity contribution in [2.75, 3.05) is 5.94 Å². The lowest BCUT2D eigenvalue weighted by molar-refractivity contribution is 0.358. The van der Waals surface area contributed by atoms with Crippen molar-refractivity contribution in [2.24, 2.45) is 0 Å². The average molecular weight is 255 g/mol. The highest BCUT2D eigenvalue weighted by Gasteiger charge is 2.15. The minimum absolute atomic E-state index is 0.287. The Balaban J connectivity index is 3.09.